The van der Waals surface area contributed by atoms with Crippen LogP contribution in [0.25, 0.3) is 10.9 Å². The number of imide groups is 1. The lowest BCUT2D eigenvalue weighted by molar-refractivity contribution is -0.134. The minimum atomic E-state index is -0.873. The topological polar surface area (TPSA) is 91.4 Å². The molecule has 1 aromatic heterocycles. The first-order valence-corrected chi connectivity index (χ1v) is 8.26. The second kappa shape index (κ2) is 5.54. The summed E-state index contributed by atoms with van der Waals surface area (Å²) >= 11 is 0. The second-order valence-electron chi connectivity index (χ2n) is 6.76. The number of anilines is 1. The van der Waals surface area contributed by atoms with E-state index in [0.29, 0.717) is 5.69 Å². The first-order chi connectivity index (χ1) is 12.0. The first-order valence-electron chi connectivity index (χ1n) is 8.26. The summed E-state index contributed by atoms with van der Waals surface area (Å²) in [5, 5.41) is 6.33. The van der Waals surface area contributed by atoms with Crippen LogP contribution in [0.4, 0.5) is 10.5 Å². The molecule has 25 heavy (non-hydrogen) atoms. The van der Waals surface area contributed by atoms with Gasteiger partial charge in [0.15, 0.2) is 0 Å². The zero-order valence-corrected chi connectivity index (χ0v) is 13.8. The number of benzene rings is 1. The van der Waals surface area contributed by atoms with E-state index in [0.717, 1.165) is 28.6 Å². The van der Waals surface area contributed by atoms with Gasteiger partial charge in [-0.25, -0.2) is 4.79 Å². The molecule has 2 aromatic rings. The van der Waals surface area contributed by atoms with Gasteiger partial charge in [-0.1, -0.05) is 18.2 Å². The molecule has 1 atom stereocenters. The molecule has 0 unspecified atom stereocenters. The van der Waals surface area contributed by atoms with Crippen LogP contribution in [0.2, 0.25) is 0 Å². The van der Waals surface area contributed by atoms with E-state index in [1.54, 1.807) is 19.2 Å². The summed E-state index contributed by atoms with van der Waals surface area (Å²) in [7, 11) is 0. The number of hydrogen-bond acceptors (Lipinski definition) is 4. The van der Waals surface area contributed by atoms with Gasteiger partial charge in [0.1, 0.15) is 12.1 Å². The highest BCUT2D eigenvalue weighted by Crippen LogP contribution is 2.42. The van der Waals surface area contributed by atoms with Crippen molar-refractivity contribution in [1.82, 2.24) is 15.2 Å². The molecule has 0 bridgehead atoms. The lowest BCUT2D eigenvalue weighted by atomic mass is 9.96. The Labute approximate surface area is 144 Å². The Bertz CT molecular complexity index is 893. The standard InChI is InChI=1S/C18H18N4O3/c1-18(12-6-7-12)16(24)22(17(25)21-18)10-15(23)20-13-8-11-4-2-3-5-14(11)19-9-13/h2-5,8-9,12H,6-7,10H2,1H3,(H,20,23)(H,21,25)/t18-/m1/s1. The SMILES string of the molecule is C[C@]1(C2CC2)NC(=O)N(CC(=O)Nc2cnc3ccccc3c2)C1=O. The number of carbonyl (C=O) groups excluding carboxylic acids is 3. The van der Waals surface area contributed by atoms with Crippen molar-refractivity contribution >= 4 is 34.4 Å². The fourth-order valence-electron chi connectivity index (χ4n) is 3.28. The molecule has 4 rings (SSSR count). The van der Waals surface area contributed by atoms with Gasteiger partial charge in [-0.15, -0.1) is 0 Å². The number of amides is 4. The van der Waals surface area contributed by atoms with E-state index in [1.807, 2.05) is 24.3 Å². The third-order valence-electron chi connectivity index (χ3n) is 4.87. The van der Waals surface area contributed by atoms with Crippen molar-refractivity contribution in [2.24, 2.45) is 5.92 Å². The van der Waals surface area contributed by atoms with Crippen LogP contribution in [0.5, 0.6) is 0 Å². The quantitative estimate of drug-likeness (QED) is 0.833. The van der Waals surface area contributed by atoms with E-state index >= 15 is 0 Å². The van der Waals surface area contributed by atoms with E-state index < -0.39 is 17.5 Å². The van der Waals surface area contributed by atoms with Crippen LogP contribution in [0.15, 0.2) is 36.5 Å². The van der Waals surface area contributed by atoms with Gasteiger partial charge in [0.2, 0.25) is 5.91 Å². The molecule has 1 aromatic carbocycles. The summed E-state index contributed by atoms with van der Waals surface area (Å²) in [5.41, 5.74) is 0.484. The Hall–Kier alpha value is -2.96. The van der Waals surface area contributed by atoms with Crippen molar-refractivity contribution in [3.63, 3.8) is 0 Å². The van der Waals surface area contributed by atoms with Crippen molar-refractivity contribution in [2.75, 3.05) is 11.9 Å². The number of para-hydroxylation sites is 1. The van der Waals surface area contributed by atoms with Crippen molar-refractivity contribution in [3.8, 4) is 0 Å². The summed E-state index contributed by atoms with van der Waals surface area (Å²) in [4.78, 5) is 42.2. The largest absolute Gasteiger partial charge is 0.325 e. The number of hydrogen-bond donors (Lipinski definition) is 2. The average Bonchev–Trinajstić information content (AvgIpc) is 3.41. The Kier molecular flexibility index (Phi) is 3.45. The predicted molar refractivity (Wildman–Crippen MR) is 91.7 cm³/mol. The first kappa shape index (κ1) is 15.6. The van der Waals surface area contributed by atoms with E-state index in [1.165, 1.54) is 0 Å². The van der Waals surface area contributed by atoms with Gasteiger partial charge >= 0.3 is 6.03 Å². The summed E-state index contributed by atoms with van der Waals surface area (Å²) in [6.45, 7) is 1.43. The van der Waals surface area contributed by atoms with Gasteiger partial charge in [-0.2, -0.15) is 0 Å². The van der Waals surface area contributed by atoms with Gasteiger partial charge in [0.05, 0.1) is 17.4 Å². The van der Waals surface area contributed by atoms with E-state index in [-0.39, 0.29) is 18.4 Å². The second-order valence-corrected chi connectivity index (χ2v) is 6.76. The van der Waals surface area contributed by atoms with Crippen LogP contribution in [-0.2, 0) is 9.59 Å². The van der Waals surface area contributed by atoms with E-state index in [9.17, 15) is 14.4 Å². The molecular weight excluding hydrogens is 320 g/mol. The summed E-state index contributed by atoms with van der Waals surface area (Å²) in [6.07, 6.45) is 3.40. The smallest absolute Gasteiger partial charge is 0.323 e. The molecule has 2 heterocycles. The molecule has 4 amide bonds. The third kappa shape index (κ3) is 2.71. The summed E-state index contributed by atoms with van der Waals surface area (Å²) in [5.74, 6) is -0.589. The molecule has 1 aliphatic carbocycles. The molecule has 2 fully saturated rings. The average molecular weight is 338 g/mol. The van der Waals surface area contributed by atoms with Crippen molar-refractivity contribution < 1.29 is 14.4 Å². The minimum Gasteiger partial charge on any atom is -0.323 e. The zero-order valence-electron chi connectivity index (χ0n) is 13.8. The minimum absolute atomic E-state index is 0.168. The molecule has 7 nitrogen and oxygen atoms in total. The molecule has 1 saturated heterocycles. The van der Waals surface area contributed by atoms with Gasteiger partial charge < -0.3 is 10.6 Å². The van der Waals surface area contributed by atoms with E-state index in [2.05, 4.69) is 15.6 Å². The molecule has 0 radical (unpaired) electrons. The predicted octanol–water partition coefficient (Wildman–Crippen LogP) is 1.89. The van der Waals surface area contributed by atoms with Crippen LogP contribution < -0.4 is 10.6 Å². The number of nitrogens with zero attached hydrogens (tertiary/aromatic N) is 2. The molecule has 1 saturated carbocycles. The van der Waals surface area contributed by atoms with Gasteiger partial charge in [0.25, 0.3) is 5.91 Å². The van der Waals surface area contributed by atoms with Crippen LogP contribution in [-0.4, -0.2) is 39.8 Å². The molecule has 128 valence electrons. The number of pyridine rings is 1. The Balaban J connectivity index is 1.46. The highest BCUT2D eigenvalue weighted by Gasteiger charge is 2.56. The van der Waals surface area contributed by atoms with Crippen LogP contribution in [0.3, 0.4) is 0 Å². The number of carbonyl (C=O) groups is 3. The maximum atomic E-state index is 12.5. The van der Waals surface area contributed by atoms with Crippen molar-refractivity contribution in [3.05, 3.63) is 36.5 Å². The lowest BCUT2D eigenvalue weighted by Gasteiger charge is -2.20. The molecule has 0 spiro atoms. The number of urea groups is 1. The Morgan fingerprint density at radius 3 is 2.88 bits per heavy atom. The van der Waals surface area contributed by atoms with Crippen LogP contribution in [0, 0.1) is 5.92 Å². The summed E-state index contributed by atoms with van der Waals surface area (Å²) in [6, 6.07) is 8.86. The zero-order chi connectivity index (χ0) is 17.6. The van der Waals surface area contributed by atoms with Crippen molar-refractivity contribution in [2.45, 2.75) is 25.3 Å². The number of nitrogens with one attached hydrogen (secondary N) is 2. The molecule has 2 aliphatic rings. The highest BCUT2D eigenvalue weighted by molar-refractivity contribution is 6.10. The highest BCUT2D eigenvalue weighted by atomic mass is 16.2. The summed E-state index contributed by atoms with van der Waals surface area (Å²) < 4.78 is 0. The van der Waals surface area contributed by atoms with Crippen LogP contribution >= 0.6 is 0 Å². The molecule has 1 aliphatic heterocycles. The van der Waals surface area contributed by atoms with Crippen molar-refractivity contribution in [1.29, 1.82) is 0 Å². The monoisotopic (exact) mass is 338 g/mol. The molecule has 2 N–H and O–H groups in total. The van der Waals surface area contributed by atoms with Gasteiger partial charge in [-0.05, 0) is 37.8 Å². The van der Waals surface area contributed by atoms with Gasteiger partial charge in [-0.3, -0.25) is 19.5 Å². The van der Waals surface area contributed by atoms with E-state index in [4.69, 9.17) is 0 Å². The molecular formula is C18H18N4O3. The Morgan fingerprint density at radius 1 is 1.36 bits per heavy atom. The number of fused-ring (bicyclic) bond motifs is 1. The maximum Gasteiger partial charge on any atom is 0.325 e. The number of rotatable bonds is 4. The third-order valence-corrected chi connectivity index (χ3v) is 4.87. The number of aromatic nitrogens is 1. The van der Waals surface area contributed by atoms with Crippen LogP contribution in [0.1, 0.15) is 19.8 Å². The molecule has 7 heteroatoms. The fraction of sp³-hybridized carbons (Fsp3) is 0.333. The fourth-order valence-corrected chi connectivity index (χ4v) is 3.28. The normalized spacial score (nSPS) is 23.0. The van der Waals surface area contributed by atoms with Gasteiger partial charge in [0, 0.05) is 5.39 Å². The Morgan fingerprint density at radius 2 is 2.12 bits per heavy atom. The maximum absolute atomic E-state index is 12.5. The lowest BCUT2D eigenvalue weighted by Crippen LogP contribution is -2.46.